The third-order valence-corrected chi connectivity index (χ3v) is 8.02. The van der Waals surface area contributed by atoms with Crippen LogP contribution in [0.15, 0.2) is 47.5 Å². The van der Waals surface area contributed by atoms with Crippen LogP contribution in [0, 0.1) is 11.8 Å². The summed E-state index contributed by atoms with van der Waals surface area (Å²) in [6.45, 7) is 0. The molecule has 4 N–H and O–H groups in total. The highest BCUT2D eigenvalue weighted by Gasteiger charge is 2.34. The fourth-order valence-corrected chi connectivity index (χ4v) is 5.74. The molecule has 1 aliphatic carbocycles. The van der Waals surface area contributed by atoms with Gasteiger partial charge in [0.25, 0.3) is 0 Å². The number of aliphatic hydroxyl groups is 2. The van der Waals surface area contributed by atoms with Crippen molar-refractivity contribution in [3.05, 3.63) is 48.2 Å². The highest BCUT2D eigenvalue weighted by molar-refractivity contribution is 8.00. The number of carbonyl (C=O) groups is 2. The molecular formula is C26H28N4O5S. The van der Waals surface area contributed by atoms with Crippen LogP contribution in [0.1, 0.15) is 37.4 Å². The van der Waals surface area contributed by atoms with Crippen molar-refractivity contribution in [2.24, 2.45) is 11.8 Å². The predicted octanol–water partition coefficient (Wildman–Crippen LogP) is 3.52. The summed E-state index contributed by atoms with van der Waals surface area (Å²) in [5.41, 5.74) is 2.97. The van der Waals surface area contributed by atoms with E-state index in [-0.39, 0.29) is 23.7 Å². The summed E-state index contributed by atoms with van der Waals surface area (Å²) in [5.74, 6) is 0.349. The Hall–Kier alpha value is -3.21. The monoisotopic (exact) mass is 508 g/mol. The first-order valence-corrected chi connectivity index (χ1v) is 12.9. The van der Waals surface area contributed by atoms with Crippen LogP contribution in [0.5, 0.6) is 5.88 Å². The summed E-state index contributed by atoms with van der Waals surface area (Å²) in [4.78, 5) is 34.2. The molecular weight excluding hydrogens is 480 g/mol. The highest BCUT2D eigenvalue weighted by atomic mass is 32.2. The number of pyridine rings is 2. The van der Waals surface area contributed by atoms with Crippen molar-refractivity contribution in [1.82, 2.24) is 9.97 Å². The van der Waals surface area contributed by atoms with Gasteiger partial charge in [0, 0.05) is 34.3 Å². The minimum Gasteiger partial charge on any atom is -0.481 e. The van der Waals surface area contributed by atoms with Gasteiger partial charge < -0.3 is 25.6 Å². The number of aromatic nitrogens is 2. The summed E-state index contributed by atoms with van der Waals surface area (Å²) in [5, 5.41) is 27.8. The summed E-state index contributed by atoms with van der Waals surface area (Å²) >= 11 is 1.48. The zero-order chi connectivity index (χ0) is 25.2. The first-order chi connectivity index (χ1) is 17.4. The van der Waals surface area contributed by atoms with Gasteiger partial charge in [0.15, 0.2) is 0 Å². The van der Waals surface area contributed by atoms with Crippen LogP contribution in [-0.2, 0) is 9.59 Å². The molecule has 0 spiro atoms. The van der Waals surface area contributed by atoms with Gasteiger partial charge in [0.2, 0.25) is 17.7 Å². The van der Waals surface area contributed by atoms with E-state index in [9.17, 15) is 19.8 Å². The van der Waals surface area contributed by atoms with E-state index in [1.165, 1.54) is 18.9 Å². The lowest BCUT2D eigenvalue weighted by Crippen LogP contribution is -2.34. The quantitative estimate of drug-likeness (QED) is 0.397. The SMILES string of the molecule is COc1ccc2nccc([C@@H](O)C(O)C3CCC(C(=O)Nc4ccc5c(c4)NC(=O)CS5)CC3)c2n1. The van der Waals surface area contributed by atoms with E-state index in [4.69, 9.17) is 4.74 Å². The van der Waals surface area contributed by atoms with Gasteiger partial charge in [-0.3, -0.25) is 14.6 Å². The molecule has 1 fully saturated rings. The molecule has 2 atom stereocenters. The van der Waals surface area contributed by atoms with Crippen LogP contribution in [0.25, 0.3) is 11.0 Å². The number of methoxy groups -OCH3 is 1. The Morgan fingerprint density at radius 2 is 1.97 bits per heavy atom. The van der Waals surface area contributed by atoms with E-state index in [0.29, 0.717) is 65.3 Å². The lowest BCUT2D eigenvalue weighted by atomic mass is 9.77. The molecule has 2 aromatic heterocycles. The lowest BCUT2D eigenvalue weighted by molar-refractivity contribution is -0.121. The van der Waals surface area contributed by atoms with Crippen molar-refractivity contribution in [1.29, 1.82) is 0 Å². The topological polar surface area (TPSA) is 134 Å². The first-order valence-electron chi connectivity index (χ1n) is 12.0. The number of anilines is 2. The number of hydrogen-bond acceptors (Lipinski definition) is 8. The molecule has 1 unspecified atom stereocenters. The van der Waals surface area contributed by atoms with Crippen LogP contribution in [0.3, 0.4) is 0 Å². The molecule has 1 saturated carbocycles. The Kier molecular flexibility index (Phi) is 7.08. The number of rotatable bonds is 6. The number of hydrogen-bond donors (Lipinski definition) is 4. The minimum absolute atomic E-state index is 0.0512. The second-order valence-electron chi connectivity index (χ2n) is 9.21. The van der Waals surface area contributed by atoms with Gasteiger partial charge in [-0.15, -0.1) is 11.8 Å². The van der Waals surface area contributed by atoms with Crippen LogP contribution < -0.4 is 15.4 Å². The number of thioether (sulfide) groups is 1. The molecule has 2 amide bonds. The summed E-state index contributed by atoms with van der Waals surface area (Å²) in [7, 11) is 1.52. The molecule has 5 rings (SSSR count). The van der Waals surface area contributed by atoms with Crippen LogP contribution in [0.4, 0.5) is 11.4 Å². The number of amides is 2. The van der Waals surface area contributed by atoms with Crippen molar-refractivity contribution in [2.45, 2.75) is 42.8 Å². The predicted molar refractivity (Wildman–Crippen MR) is 137 cm³/mol. The number of benzene rings is 1. The van der Waals surface area contributed by atoms with E-state index in [2.05, 4.69) is 20.6 Å². The molecule has 36 heavy (non-hydrogen) atoms. The van der Waals surface area contributed by atoms with Crippen LogP contribution >= 0.6 is 11.8 Å². The van der Waals surface area contributed by atoms with Gasteiger partial charge in [-0.2, -0.15) is 0 Å². The fourth-order valence-electron chi connectivity index (χ4n) is 4.95. The Balaban J connectivity index is 1.21. The second kappa shape index (κ2) is 10.4. The maximum Gasteiger partial charge on any atom is 0.234 e. The third-order valence-electron chi connectivity index (χ3n) is 6.95. The van der Waals surface area contributed by atoms with Crippen molar-refractivity contribution in [3.63, 3.8) is 0 Å². The smallest absolute Gasteiger partial charge is 0.234 e. The molecule has 188 valence electrons. The first kappa shape index (κ1) is 24.5. The van der Waals surface area contributed by atoms with Crippen molar-refractivity contribution >= 4 is 46.0 Å². The molecule has 1 aliphatic heterocycles. The molecule has 9 nitrogen and oxygen atoms in total. The van der Waals surface area contributed by atoms with E-state index in [1.54, 1.807) is 30.5 Å². The lowest BCUT2D eigenvalue weighted by Gasteiger charge is -2.33. The maximum absolute atomic E-state index is 12.9. The zero-order valence-electron chi connectivity index (χ0n) is 19.8. The van der Waals surface area contributed by atoms with Gasteiger partial charge in [-0.05, 0) is 61.9 Å². The van der Waals surface area contributed by atoms with Gasteiger partial charge >= 0.3 is 0 Å². The van der Waals surface area contributed by atoms with E-state index in [0.717, 1.165) is 4.90 Å². The van der Waals surface area contributed by atoms with Crippen LogP contribution in [-0.4, -0.2) is 51.0 Å². The van der Waals surface area contributed by atoms with Gasteiger partial charge in [-0.25, -0.2) is 4.98 Å². The zero-order valence-corrected chi connectivity index (χ0v) is 20.6. The van der Waals surface area contributed by atoms with Gasteiger partial charge in [0.05, 0.1) is 35.7 Å². The Labute approximate surface area is 212 Å². The average Bonchev–Trinajstić information content (AvgIpc) is 2.91. The van der Waals surface area contributed by atoms with E-state index >= 15 is 0 Å². The van der Waals surface area contributed by atoms with Crippen molar-refractivity contribution < 1.29 is 24.5 Å². The minimum atomic E-state index is -1.13. The maximum atomic E-state index is 12.9. The number of aliphatic hydroxyl groups excluding tert-OH is 2. The number of fused-ring (bicyclic) bond motifs is 2. The standard InChI is InChI=1S/C26H28N4O5S/c1-35-22-9-7-18-23(30-22)17(10-11-27-18)25(33)24(32)14-2-4-15(5-3-14)26(34)28-16-6-8-20-19(12-16)29-21(31)13-36-20/h6-12,14-15,24-25,32-33H,2-5,13H2,1H3,(H,28,34)(H,29,31)/t14?,15?,24?,25-/m1/s1. The molecule has 0 bridgehead atoms. The van der Waals surface area contributed by atoms with Gasteiger partial charge in [0.1, 0.15) is 6.10 Å². The molecule has 2 aliphatic rings. The summed E-state index contributed by atoms with van der Waals surface area (Å²) in [6.07, 6.45) is 1.93. The third kappa shape index (κ3) is 5.02. The van der Waals surface area contributed by atoms with Gasteiger partial charge in [-0.1, -0.05) is 0 Å². The average molecular weight is 509 g/mol. The molecule has 0 saturated heterocycles. The number of ether oxygens (including phenoxy) is 1. The van der Waals surface area contributed by atoms with E-state index < -0.39 is 12.2 Å². The molecule has 0 radical (unpaired) electrons. The Morgan fingerprint density at radius 3 is 2.75 bits per heavy atom. The molecule has 1 aromatic carbocycles. The highest BCUT2D eigenvalue weighted by Crippen LogP contribution is 2.38. The second-order valence-corrected chi connectivity index (χ2v) is 10.2. The van der Waals surface area contributed by atoms with Crippen molar-refractivity contribution in [3.8, 4) is 5.88 Å². The Morgan fingerprint density at radius 1 is 1.17 bits per heavy atom. The molecule has 3 heterocycles. The number of carbonyl (C=O) groups excluding carboxylic acids is 2. The fraction of sp³-hybridized carbons (Fsp3) is 0.385. The Bertz CT molecular complexity index is 1290. The summed E-state index contributed by atoms with van der Waals surface area (Å²) in [6, 6.07) is 10.7. The number of nitrogens with one attached hydrogen (secondary N) is 2. The number of nitrogens with zero attached hydrogens (tertiary/aromatic N) is 2. The normalized spacial score (nSPS) is 21.2. The van der Waals surface area contributed by atoms with Crippen molar-refractivity contribution in [2.75, 3.05) is 23.5 Å². The largest absolute Gasteiger partial charge is 0.481 e. The summed E-state index contributed by atoms with van der Waals surface area (Å²) < 4.78 is 5.20. The molecule has 3 aromatic rings. The van der Waals surface area contributed by atoms with E-state index in [1.807, 2.05) is 12.1 Å². The van der Waals surface area contributed by atoms with Crippen LogP contribution in [0.2, 0.25) is 0 Å². The molecule has 10 heteroatoms.